The lowest BCUT2D eigenvalue weighted by Gasteiger charge is -2.56. The van der Waals surface area contributed by atoms with Gasteiger partial charge in [0.15, 0.2) is 0 Å². The van der Waals surface area contributed by atoms with E-state index < -0.39 is 0 Å². The van der Waals surface area contributed by atoms with Crippen molar-refractivity contribution in [3.05, 3.63) is 22.4 Å². The first-order chi connectivity index (χ1) is 12.7. The number of urea groups is 1. The smallest absolute Gasteiger partial charge is 0.315 e. The highest BCUT2D eigenvalue weighted by atomic mass is 32.1. The summed E-state index contributed by atoms with van der Waals surface area (Å²) in [5.74, 6) is 3.03. The maximum absolute atomic E-state index is 13.0. The Balaban J connectivity index is 1.28. The second-order valence-corrected chi connectivity index (χ2v) is 10.2. The van der Waals surface area contributed by atoms with Gasteiger partial charge in [-0.25, -0.2) is 4.79 Å². The molecule has 0 spiro atoms. The zero-order valence-corrected chi connectivity index (χ0v) is 16.2. The fourth-order valence-corrected chi connectivity index (χ4v) is 7.49. The fourth-order valence-electron chi connectivity index (χ4n) is 6.62. The summed E-state index contributed by atoms with van der Waals surface area (Å²) in [7, 11) is 0. The quantitative estimate of drug-likeness (QED) is 0.816. The van der Waals surface area contributed by atoms with Gasteiger partial charge in [0, 0.05) is 23.6 Å². The van der Waals surface area contributed by atoms with Crippen molar-refractivity contribution in [1.82, 2.24) is 10.6 Å². The molecular weight excluding hydrogens is 344 g/mol. The largest absolute Gasteiger partial charge is 0.381 e. The fraction of sp³-hybridized carbons (Fsp3) is 0.762. The molecular formula is C21H30N2O2S. The van der Waals surface area contributed by atoms with Crippen LogP contribution in [0.2, 0.25) is 0 Å². The third-order valence-electron chi connectivity index (χ3n) is 7.29. The van der Waals surface area contributed by atoms with Crippen molar-refractivity contribution < 1.29 is 9.53 Å². The van der Waals surface area contributed by atoms with Crippen LogP contribution in [0, 0.1) is 23.7 Å². The first-order valence-corrected chi connectivity index (χ1v) is 11.3. The molecule has 1 unspecified atom stereocenters. The lowest BCUT2D eigenvalue weighted by Crippen LogP contribution is -2.61. The molecule has 5 heteroatoms. The molecule has 5 aliphatic rings. The number of amides is 2. The normalized spacial score (nSPS) is 37.5. The van der Waals surface area contributed by atoms with Crippen LogP contribution in [0.4, 0.5) is 4.79 Å². The van der Waals surface area contributed by atoms with E-state index in [1.165, 1.54) is 43.4 Å². The highest BCUT2D eigenvalue weighted by molar-refractivity contribution is 7.10. The Kier molecular flexibility index (Phi) is 4.48. The van der Waals surface area contributed by atoms with E-state index >= 15 is 0 Å². The Bertz CT molecular complexity index is 603. The Morgan fingerprint density at radius 2 is 1.77 bits per heavy atom. The third-order valence-corrected chi connectivity index (χ3v) is 8.25. The first kappa shape index (κ1) is 17.1. The van der Waals surface area contributed by atoms with Gasteiger partial charge in [0.2, 0.25) is 0 Å². The van der Waals surface area contributed by atoms with E-state index in [0.29, 0.717) is 5.92 Å². The van der Waals surface area contributed by atoms with Crippen molar-refractivity contribution in [2.45, 2.75) is 62.9 Å². The highest BCUT2D eigenvalue weighted by Gasteiger charge is 2.51. The summed E-state index contributed by atoms with van der Waals surface area (Å²) in [6.45, 7) is 1.62. The predicted octanol–water partition coefficient (Wildman–Crippen LogP) is 4.48. The molecule has 0 aromatic carbocycles. The second kappa shape index (κ2) is 6.83. The maximum atomic E-state index is 13.0. The van der Waals surface area contributed by atoms with Crippen LogP contribution in [-0.2, 0) is 4.74 Å². The van der Waals surface area contributed by atoms with Gasteiger partial charge >= 0.3 is 6.03 Å². The number of carbonyl (C=O) groups is 1. The monoisotopic (exact) mass is 374 g/mol. The van der Waals surface area contributed by atoms with E-state index in [4.69, 9.17) is 4.74 Å². The number of thiophene rings is 1. The maximum Gasteiger partial charge on any atom is 0.315 e. The summed E-state index contributed by atoms with van der Waals surface area (Å²) < 4.78 is 5.54. The van der Waals surface area contributed by atoms with Crippen molar-refractivity contribution in [2.75, 3.05) is 13.2 Å². The lowest BCUT2D eigenvalue weighted by atomic mass is 9.53. The number of carbonyl (C=O) groups excluding carboxylic acids is 1. The molecule has 1 aromatic heterocycles. The van der Waals surface area contributed by atoms with E-state index in [2.05, 4.69) is 28.1 Å². The van der Waals surface area contributed by atoms with Gasteiger partial charge in [0.05, 0.1) is 6.04 Å². The van der Waals surface area contributed by atoms with Gasteiger partial charge < -0.3 is 15.4 Å². The van der Waals surface area contributed by atoms with Gasteiger partial charge in [-0.3, -0.25) is 0 Å². The molecule has 1 saturated heterocycles. The van der Waals surface area contributed by atoms with Crippen LogP contribution in [0.3, 0.4) is 0 Å². The molecule has 4 aliphatic carbocycles. The van der Waals surface area contributed by atoms with E-state index in [-0.39, 0.29) is 17.6 Å². The topological polar surface area (TPSA) is 50.4 Å². The minimum absolute atomic E-state index is 0.0526. The molecule has 4 nitrogen and oxygen atoms in total. The van der Waals surface area contributed by atoms with Crippen LogP contribution >= 0.6 is 11.3 Å². The Labute approximate surface area is 160 Å². The van der Waals surface area contributed by atoms with Crippen molar-refractivity contribution in [2.24, 2.45) is 23.7 Å². The Hall–Kier alpha value is -1.07. The number of ether oxygens (including phenoxy) is 1. The van der Waals surface area contributed by atoms with Gasteiger partial charge in [0.25, 0.3) is 0 Å². The summed E-state index contributed by atoms with van der Waals surface area (Å²) in [6.07, 6.45) is 9.88. The first-order valence-electron chi connectivity index (χ1n) is 10.4. The number of hydrogen-bond acceptors (Lipinski definition) is 3. The molecule has 4 saturated carbocycles. The van der Waals surface area contributed by atoms with Gasteiger partial charge in [-0.1, -0.05) is 6.07 Å². The van der Waals surface area contributed by atoms with Crippen LogP contribution in [0.15, 0.2) is 17.5 Å². The summed E-state index contributed by atoms with van der Waals surface area (Å²) in [5.41, 5.74) is 0.0779. The van der Waals surface area contributed by atoms with Crippen molar-refractivity contribution in [3.8, 4) is 0 Å². The van der Waals surface area contributed by atoms with Gasteiger partial charge in [-0.05, 0) is 86.5 Å². The second-order valence-electron chi connectivity index (χ2n) is 9.24. The SMILES string of the molecule is O=C(NC(c1cccs1)C1CCOCC1)NC12CC3CC(CC(C3)C1)C2. The van der Waals surface area contributed by atoms with E-state index in [9.17, 15) is 4.79 Å². The van der Waals surface area contributed by atoms with E-state index in [1.807, 2.05) is 0 Å². The predicted molar refractivity (Wildman–Crippen MR) is 103 cm³/mol. The number of rotatable bonds is 4. The molecule has 0 radical (unpaired) electrons. The average molecular weight is 375 g/mol. The van der Waals surface area contributed by atoms with Crippen molar-refractivity contribution in [1.29, 1.82) is 0 Å². The molecule has 1 aliphatic heterocycles. The zero-order valence-electron chi connectivity index (χ0n) is 15.4. The molecule has 6 rings (SSSR count). The van der Waals surface area contributed by atoms with Crippen molar-refractivity contribution in [3.63, 3.8) is 0 Å². The zero-order chi connectivity index (χ0) is 17.6. The molecule has 1 aromatic rings. The molecule has 1 atom stereocenters. The average Bonchev–Trinajstić information content (AvgIpc) is 3.13. The van der Waals surface area contributed by atoms with Crippen LogP contribution in [0.25, 0.3) is 0 Å². The molecule has 5 fully saturated rings. The Morgan fingerprint density at radius 1 is 1.12 bits per heavy atom. The molecule has 4 bridgehead atoms. The van der Waals surface area contributed by atoms with Crippen LogP contribution in [0.5, 0.6) is 0 Å². The third kappa shape index (κ3) is 3.29. The van der Waals surface area contributed by atoms with Gasteiger partial charge in [-0.15, -0.1) is 11.3 Å². The minimum atomic E-state index is 0.0526. The Morgan fingerprint density at radius 3 is 2.35 bits per heavy atom. The molecule has 142 valence electrons. The van der Waals surface area contributed by atoms with Gasteiger partial charge in [-0.2, -0.15) is 0 Å². The van der Waals surface area contributed by atoms with E-state index in [0.717, 1.165) is 43.8 Å². The number of hydrogen-bond donors (Lipinski definition) is 2. The molecule has 2 amide bonds. The van der Waals surface area contributed by atoms with Crippen molar-refractivity contribution >= 4 is 17.4 Å². The number of nitrogens with one attached hydrogen (secondary N) is 2. The summed E-state index contributed by atoms with van der Waals surface area (Å²) in [4.78, 5) is 14.3. The summed E-state index contributed by atoms with van der Waals surface area (Å²) in [5, 5.41) is 8.96. The van der Waals surface area contributed by atoms with Crippen LogP contribution < -0.4 is 10.6 Å². The molecule has 2 N–H and O–H groups in total. The minimum Gasteiger partial charge on any atom is -0.381 e. The highest BCUT2D eigenvalue weighted by Crippen LogP contribution is 2.55. The van der Waals surface area contributed by atoms with E-state index in [1.54, 1.807) is 11.3 Å². The van der Waals surface area contributed by atoms with Gasteiger partial charge in [0.1, 0.15) is 0 Å². The molecule has 26 heavy (non-hydrogen) atoms. The molecule has 2 heterocycles. The summed E-state index contributed by atoms with van der Waals surface area (Å²) >= 11 is 1.75. The summed E-state index contributed by atoms with van der Waals surface area (Å²) in [6, 6.07) is 4.42. The standard InChI is InChI=1S/C21H30N2O2S/c24-20(23-21-11-14-8-15(12-21)10-16(9-14)13-21)22-19(18-2-1-7-26-18)17-3-5-25-6-4-17/h1-2,7,14-17,19H,3-6,8-13H2,(H2,22,23,24). The van der Waals surface area contributed by atoms with Crippen LogP contribution in [-0.4, -0.2) is 24.8 Å². The lowest BCUT2D eigenvalue weighted by molar-refractivity contribution is -0.0140. The van der Waals surface area contributed by atoms with Crippen LogP contribution in [0.1, 0.15) is 62.3 Å².